The molecule has 0 fully saturated rings. The number of hydrogen-bond acceptors (Lipinski definition) is 3. The number of phenolic OH excluding ortho intramolecular Hbond substituents is 1. The van der Waals surface area contributed by atoms with Crippen molar-refractivity contribution < 1.29 is 5.11 Å². The van der Waals surface area contributed by atoms with Gasteiger partial charge in [-0.25, -0.2) is 0 Å². The minimum Gasteiger partial charge on any atom is -0.508 e. The molecule has 2 aliphatic rings. The minimum absolute atomic E-state index is 0.157. The van der Waals surface area contributed by atoms with Crippen molar-refractivity contribution in [3.8, 4) is 16.9 Å². The van der Waals surface area contributed by atoms with Gasteiger partial charge in [-0.2, -0.15) is 10.2 Å². The number of aromatic hydroxyl groups is 1. The van der Waals surface area contributed by atoms with Crippen molar-refractivity contribution in [2.45, 2.75) is 37.8 Å². The Kier molecular flexibility index (Phi) is 4.01. The second-order valence-electron chi connectivity index (χ2n) is 7.46. The fourth-order valence-corrected chi connectivity index (χ4v) is 4.48. The quantitative estimate of drug-likeness (QED) is 0.560. The Labute approximate surface area is 159 Å². The summed E-state index contributed by atoms with van der Waals surface area (Å²) in [5, 5.41) is 19.1. The van der Waals surface area contributed by atoms with Crippen molar-refractivity contribution in [3.05, 3.63) is 89.0 Å². The Morgan fingerprint density at radius 1 is 0.704 bits per heavy atom. The standard InChI is InChI=1S/C24H22N2O/c27-18-11-8-17(9-12-18)19-6-3-7-22-21(19)13-15-24(22)26-25-23-14-10-16-4-1-2-5-20(16)23/h1-9,11-12,23-24,27H,10,13-15H2. The third-order valence-corrected chi connectivity index (χ3v) is 5.86. The zero-order valence-corrected chi connectivity index (χ0v) is 15.2. The summed E-state index contributed by atoms with van der Waals surface area (Å²) in [6, 6.07) is 22.9. The third kappa shape index (κ3) is 2.93. The molecule has 0 saturated carbocycles. The van der Waals surface area contributed by atoms with E-state index in [0.717, 1.165) is 31.2 Å². The largest absolute Gasteiger partial charge is 0.508 e. The van der Waals surface area contributed by atoms with Crippen molar-refractivity contribution in [1.29, 1.82) is 0 Å². The van der Waals surface area contributed by atoms with Crippen LogP contribution in [0.1, 0.15) is 47.2 Å². The fraction of sp³-hybridized carbons (Fsp3) is 0.250. The molecule has 5 rings (SSSR count). The average molecular weight is 354 g/mol. The molecule has 3 aromatic carbocycles. The lowest BCUT2D eigenvalue weighted by Crippen LogP contribution is -1.93. The smallest absolute Gasteiger partial charge is 0.115 e. The zero-order chi connectivity index (χ0) is 18.2. The lowest BCUT2D eigenvalue weighted by atomic mass is 9.96. The summed E-state index contributed by atoms with van der Waals surface area (Å²) in [6.07, 6.45) is 4.21. The van der Waals surface area contributed by atoms with Crippen molar-refractivity contribution in [2.24, 2.45) is 10.2 Å². The molecule has 0 aromatic heterocycles. The van der Waals surface area contributed by atoms with E-state index < -0.39 is 0 Å². The van der Waals surface area contributed by atoms with Crippen LogP contribution in [0, 0.1) is 0 Å². The summed E-state index contributed by atoms with van der Waals surface area (Å²) < 4.78 is 0. The SMILES string of the molecule is Oc1ccc(-c2cccc3c2CCC3N=NC2CCc3ccccc32)cc1. The van der Waals surface area contributed by atoms with Crippen LogP contribution in [0.3, 0.4) is 0 Å². The molecule has 2 atom stereocenters. The lowest BCUT2D eigenvalue weighted by molar-refractivity contribution is 0.475. The van der Waals surface area contributed by atoms with Gasteiger partial charge < -0.3 is 5.11 Å². The van der Waals surface area contributed by atoms with Gasteiger partial charge in [-0.3, -0.25) is 0 Å². The van der Waals surface area contributed by atoms with E-state index in [0.29, 0.717) is 5.75 Å². The van der Waals surface area contributed by atoms with Gasteiger partial charge in [-0.1, -0.05) is 54.6 Å². The molecule has 27 heavy (non-hydrogen) atoms. The summed E-state index contributed by atoms with van der Waals surface area (Å²) >= 11 is 0. The maximum absolute atomic E-state index is 9.56. The normalized spacial score (nSPS) is 20.7. The second-order valence-corrected chi connectivity index (χ2v) is 7.46. The first-order valence-electron chi connectivity index (χ1n) is 9.68. The summed E-state index contributed by atoms with van der Waals surface area (Å²) in [4.78, 5) is 0. The van der Waals surface area contributed by atoms with Gasteiger partial charge in [0.2, 0.25) is 0 Å². The maximum Gasteiger partial charge on any atom is 0.115 e. The molecule has 0 spiro atoms. The molecule has 1 N–H and O–H groups in total. The highest BCUT2D eigenvalue weighted by Gasteiger charge is 2.26. The van der Waals surface area contributed by atoms with Crippen LogP contribution in [0.5, 0.6) is 5.75 Å². The van der Waals surface area contributed by atoms with Gasteiger partial charge in [-0.15, -0.1) is 0 Å². The van der Waals surface area contributed by atoms with Crippen LogP contribution >= 0.6 is 0 Å². The average Bonchev–Trinajstić information content (AvgIpc) is 3.31. The molecule has 2 aliphatic carbocycles. The van der Waals surface area contributed by atoms with Crippen LogP contribution in [0.15, 0.2) is 77.0 Å². The monoisotopic (exact) mass is 354 g/mol. The number of fused-ring (bicyclic) bond motifs is 2. The summed E-state index contributed by atoms with van der Waals surface area (Å²) in [5.74, 6) is 0.301. The van der Waals surface area contributed by atoms with Crippen molar-refractivity contribution in [3.63, 3.8) is 0 Å². The van der Waals surface area contributed by atoms with Crippen molar-refractivity contribution in [2.75, 3.05) is 0 Å². The Balaban J connectivity index is 1.43. The van der Waals surface area contributed by atoms with Crippen LogP contribution in [0.2, 0.25) is 0 Å². The summed E-state index contributed by atoms with van der Waals surface area (Å²) in [6.45, 7) is 0. The van der Waals surface area contributed by atoms with E-state index >= 15 is 0 Å². The molecule has 2 unspecified atom stereocenters. The van der Waals surface area contributed by atoms with Gasteiger partial charge in [0.05, 0.1) is 12.1 Å². The first-order chi connectivity index (χ1) is 13.3. The predicted octanol–water partition coefficient (Wildman–Crippen LogP) is 6.19. The van der Waals surface area contributed by atoms with Crippen LogP contribution in [-0.2, 0) is 12.8 Å². The molecular formula is C24H22N2O. The molecule has 0 aliphatic heterocycles. The fourth-order valence-electron chi connectivity index (χ4n) is 4.48. The number of benzene rings is 3. The number of nitrogens with zero attached hydrogens (tertiary/aromatic N) is 2. The van der Waals surface area contributed by atoms with Crippen molar-refractivity contribution in [1.82, 2.24) is 0 Å². The van der Waals surface area contributed by atoms with E-state index in [4.69, 9.17) is 10.2 Å². The van der Waals surface area contributed by atoms with E-state index in [9.17, 15) is 5.11 Å². The molecule has 0 radical (unpaired) electrons. The molecule has 0 bridgehead atoms. The Bertz CT molecular complexity index is 1010. The number of azo groups is 1. The predicted molar refractivity (Wildman–Crippen MR) is 107 cm³/mol. The van der Waals surface area contributed by atoms with E-state index in [1.807, 2.05) is 12.1 Å². The highest BCUT2D eigenvalue weighted by atomic mass is 16.3. The molecule has 134 valence electrons. The maximum atomic E-state index is 9.56. The molecule has 0 amide bonds. The first-order valence-corrected chi connectivity index (χ1v) is 9.68. The lowest BCUT2D eigenvalue weighted by Gasteiger charge is -2.11. The van der Waals surface area contributed by atoms with Gasteiger partial charge in [-0.05, 0) is 71.2 Å². The van der Waals surface area contributed by atoms with Crippen LogP contribution in [-0.4, -0.2) is 5.11 Å². The molecule has 0 heterocycles. The van der Waals surface area contributed by atoms with E-state index in [2.05, 4.69) is 42.5 Å². The van der Waals surface area contributed by atoms with Crippen LogP contribution in [0.4, 0.5) is 0 Å². The van der Waals surface area contributed by atoms with E-state index in [1.165, 1.54) is 27.8 Å². The van der Waals surface area contributed by atoms with Gasteiger partial charge in [0.25, 0.3) is 0 Å². The van der Waals surface area contributed by atoms with Crippen LogP contribution in [0.25, 0.3) is 11.1 Å². The molecular weight excluding hydrogens is 332 g/mol. The second kappa shape index (κ2) is 6.66. The minimum atomic E-state index is 0.157. The van der Waals surface area contributed by atoms with E-state index in [1.54, 1.807) is 12.1 Å². The Hall–Kier alpha value is -2.94. The van der Waals surface area contributed by atoms with Crippen molar-refractivity contribution >= 4 is 0 Å². The zero-order valence-electron chi connectivity index (χ0n) is 15.2. The third-order valence-electron chi connectivity index (χ3n) is 5.86. The summed E-state index contributed by atoms with van der Waals surface area (Å²) in [7, 11) is 0. The number of phenols is 1. The Morgan fingerprint density at radius 3 is 2.26 bits per heavy atom. The molecule has 3 nitrogen and oxygen atoms in total. The van der Waals surface area contributed by atoms with Crippen LogP contribution < -0.4 is 0 Å². The number of rotatable bonds is 3. The molecule has 3 heteroatoms. The van der Waals surface area contributed by atoms with Gasteiger partial charge >= 0.3 is 0 Å². The molecule has 3 aromatic rings. The van der Waals surface area contributed by atoms with Gasteiger partial charge in [0.1, 0.15) is 5.75 Å². The van der Waals surface area contributed by atoms with Gasteiger partial charge in [0, 0.05) is 0 Å². The molecule has 0 saturated heterocycles. The summed E-state index contributed by atoms with van der Waals surface area (Å²) in [5.41, 5.74) is 7.83. The number of hydrogen-bond donors (Lipinski definition) is 1. The Morgan fingerprint density at radius 2 is 1.41 bits per heavy atom. The number of aryl methyl sites for hydroxylation is 1. The highest BCUT2D eigenvalue weighted by molar-refractivity contribution is 5.70. The first kappa shape index (κ1) is 16.2. The van der Waals surface area contributed by atoms with Gasteiger partial charge in [0.15, 0.2) is 0 Å². The highest BCUT2D eigenvalue weighted by Crippen LogP contribution is 2.41. The topological polar surface area (TPSA) is 45.0 Å². The van der Waals surface area contributed by atoms with E-state index in [-0.39, 0.29) is 12.1 Å².